The van der Waals surface area contributed by atoms with Gasteiger partial charge >= 0.3 is 0 Å². The van der Waals surface area contributed by atoms with Gasteiger partial charge in [0.05, 0.1) is 11.2 Å². The number of aromatic hydroxyl groups is 2. The number of pyridine rings is 1. The molecule has 4 heteroatoms. The fourth-order valence-corrected chi connectivity index (χ4v) is 3.76. The number of phenolic OH excluding ortho intramolecular Hbond substituents is 2. The topological polar surface area (TPSA) is 53.4 Å². The summed E-state index contributed by atoms with van der Waals surface area (Å²) in [6.07, 6.45) is 0. The number of hydrogen-bond acceptors (Lipinski definition) is 3. The van der Waals surface area contributed by atoms with E-state index in [0.29, 0.717) is 0 Å². The second-order valence-electron chi connectivity index (χ2n) is 8.35. The summed E-state index contributed by atoms with van der Waals surface area (Å²) in [6, 6.07) is 22.4. The molecule has 0 spiro atoms. The highest BCUT2D eigenvalue weighted by Gasteiger charge is 2.12. The van der Waals surface area contributed by atoms with Gasteiger partial charge in [0, 0.05) is 22.1 Å². The van der Waals surface area contributed by atoms with E-state index in [1.807, 2.05) is 54.6 Å². The van der Waals surface area contributed by atoms with Crippen LogP contribution in [0.4, 0.5) is 0 Å². The minimum atomic E-state index is -1.57. The Balaban J connectivity index is 1.94. The normalized spacial score (nSPS) is 11.2. The first-order chi connectivity index (χ1) is 14.3. The zero-order valence-corrected chi connectivity index (χ0v) is 18.3. The van der Waals surface area contributed by atoms with Crippen LogP contribution in [-0.2, 0) is 0 Å². The van der Waals surface area contributed by atoms with Gasteiger partial charge in [0.1, 0.15) is 19.6 Å². The SMILES string of the molecule is C[Si](C)(C)C#Cc1cc(-c2ccc(O)cc2)nc2ccc(-c3ccccc3O)cc12. The van der Waals surface area contributed by atoms with Crippen LogP contribution in [0.3, 0.4) is 0 Å². The fraction of sp³-hybridized carbons (Fsp3) is 0.115. The molecule has 0 aliphatic heterocycles. The summed E-state index contributed by atoms with van der Waals surface area (Å²) in [6.45, 7) is 6.66. The minimum Gasteiger partial charge on any atom is -0.508 e. The van der Waals surface area contributed by atoms with Crippen molar-refractivity contribution in [3.63, 3.8) is 0 Å². The Bertz CT molecular complexity index is 1290. The van der Waals surface area contributed by atoms with Gasteiger partial charge in [-0.05, 0) is 54.1 Å². The largest absolute Gasteiger partial charge is 0.508 e. The van der Waals surface area contributed by atoms with Gasteiger partial charge in [0.2, 0.25) is 0 Å². The van der Waals surface area contributed by atoms with Crippen molar-refractivity contribution in [2.24, 2.45) is 0 Å². The maximum absolute atomic E-state index is 10.3. The number of hydrogen-bond donors (Lipinski definition) is 2. The number of benzene rings is 3. The second-order valence-corrected chi connectivity index (χ2v) is 13.1. The summed E-state index contributed by atoms with van der Waals surface area (Å²) in [4.78, 5) is 4.84. The quantitative estimate of drug-likeness (QED) is 0.306. The van der Waals surface area contributed by atoms with E-state index >= 15 is 0 Å². The molecule has 4 rings (SSSR count). The molecule has 0 saturated carbocycles. The molecular weight excluding hydrogens is 386 g/mol. The van der Waals surface area contributed by atoms with Crippen LogP contribution in [-0.4, -0.2) is 23.3 Å². The molecule has 0 saturated heterocycles. The van der Waals surface area contributed by atoms with Crippen molar-refractivity contribution in [1.29, 1.82) is 0 Å². The number of aromatic nitrogens is 1. The van der Waals surface area contributed by atoms with Crippen LogP contribution in [0.25, 0.3) is 33.3 Å². The van der Waals surface area contributed by atoms with Gasteiger partial charge in [-0.2, -0.15) is 0 Å². The summed E-state index contributed by atoms with van der Waals surface area (Å²) in [5.74, 6) is 3.88. The average Bonchev–Trinajstić information content (AvgIpc) is 2.72. The molecule has 3 aromatic carbocycles. The van der Waals surface area contributed by atoms with Crippen LogP contribution in [0.15, 0.2) is 72.8 Å². The standard InChI is InChI=1S/C26H23NO2Si/c1-30(2,3)15-14-20-17-25(18-8-11-21(28)12-9-18)27-24-13-10-19(16-23(20)24)22-6-4-5-7-26(22)29/h4-13,16-17,28-29H,1-3H3. The monoisotopic (exact) mass is 409 g/mol. The lowest BCUT2D eigenvalue weighted by Gasteiger charge is -2.10. The van der Waals surface area contributed by atoms with E-state index in [9.17, 15) is 10.2 Å². The van der Waals surface area contributed by atoms with E-state index in [4.69, 9.17) is 4.98 Å². The third-order valence-electron chi connectivity index (χ3n) is 4.76. The van der Waals surface area contributed by atoms with Crippen molar-refractivity contribution in [2.45, 2.75) is 19.6 Å². The summed E-state index contributed by atoms with van der Waals surface area (Å²) in [5, 5.41) is 20.8. The third kappa shape index (κ3) is 4.22. The molecule has 1 heterocycles. The molecule has 0 aliphatic carbocycles. The zero-order chi connectivity index (χ0) is 21.3. The molecule has 0 fully saturated rings. The van der Waals surface area contributed by atoms with Crippen LogP contribution in [0.1, 0.15) is 5.56 Å². The lowest BCUT2D eigenvalue weighted by Crippen LogP contribution is -2.16. The smallest absolute Gasteiger partial charge is 0.129 e. The summed E-state index contributed by atoms with van der Waals surface area (Å²) < 4.78 is 0. The number of phenols is 2. The number of nitrogens with zero attached hydrogens (tertiary/aromatic N) is 1. The molecule has 2 N–H and O–H groups in total. The van der Waals surface area contributed by atoms with Crippen LogP contribution < -0.4 is 0 Å². The Morgan fingerprint density at radius 1 is 0.800 bits per heavy atom. The molecule has 3 nitrogen and oxygen atoms in total. The van der Waals surface area contributed by atoms with Crippen molar-refractivity contribution >= 4 is 19.0 Å². The first kappa shape index (κ1) is 19.7. The summed E-state index contributed by atoms with van der Waals surface area (Å²) >= 11 is 0. The van der Waals surface area contributed by atoms with Gasteiger partial charge in [-0.25, -0.2) is 4.98 Å². The summed E-state index contributed by atoms with van der Waals surface area (Å²) in [5.41, 5.74) is 8.68. The molecular formula is C26H23NO2Si. The third-order valence-corrected chi connectivity index (χ3v) is 5.63. The predicted octanol–water partition coefficient (Wildman–Crippen LogP) is 6.21. The molecule has 148 valence electrons. The molecule has 0 unspecified atom stereocenters. The van der Waals surface area contributed by atoms with Crippen LogP contribution in [0.5, 0.6) is 11.5 Å². The molecule has 1 aromatic heterocycles. The van der Waals surface area contributed by atoms with E-state index in [0.717, 1.165) is 38.9 Å². The van der Waals surface area contributed by atoms with Crippen molar-refractivity contribution in [2.75, 3.05) is 0 Å². The van der Waals surface area contributed by atoms with E-state index in [2.05, 4.69) is 31.1 Å². The average molecular weight is 410 g/mol. The second kappa shape index (κ2) is 7.70. The first-order valence-corrected chi connectivity index (χ1v) is 13.4. The Hall–Kier alpha value is -3.55. The highest BCUT2D eigenvalue weighted by atomic mass is 28.3. The van der Waals surface area contributed by atoms with Crippen LogP contribution in [0, 0.1) is 11.5 Å². The lowest BCUT2D eigenvalue weighted by atomic mass is 9.99. The Kier molecular flexibility index (Phi) is 5.07. The van der Waals surface area contributed by atoms with E-state index in [-0.39, 0.29) is 11.5 Å². The Labute approximate surface area is 177 Å². The van der Waals surface area contributed by atoms with Crippen molar-refractivity contribution in [3.8, 4) is 45.3 Å². The van der Waals surface area contributed by atoms with Gasteiger partial charge in [0.25, 0.3) is 0 Å². The highest BCUT2D eigenvalue weighted by Crippen LogP contribution is 2.33. The van der Waals surface area contributed by atoms with Gasteiger partial charge in [0.15, 0.2) is 0 Å². The van der Waals surface area contributed by atoms with Gasteiger partial charge in [-0.3, -0.25) is 0 Å². The Morgan fingerprint density at radius 3 is 2.20 bits per heavy atom. The fourth-order valence-electron chi connectivity index (χ4n) is 3.25. The molecule has 0 aliphatic rings. The molecule has 0 radical (unpaired) electrons. The van der Waals surface area contributed by atoms with E-state index in [1.54, 1.807) is 18.2 Å². The number of fused-ring (bicyclic) bond motifs is 1. The van der Waals surface area contributed by atoms with Gasteiger partial charge in [-0.15, -0.1) is 5.54 Å². The molecule has 30 heavy (non-hydrogen) atoms. The number of para-hydroxylation sites is 1. The van der Waals surface area contributed by atoms with Gasteiger partial charge in [-0.1, -0.05) is 49.8 Å². The number of rotatable bonds is 2. The molecule has 0 amide bonds. The lowest BCUT2D eigenvalue weighted by molar-refractivity contribution is 0.475. The van der Waals surface area contributed by atoms with Crippen LogP contribution >= 0.6 is 0 Å². The molecule has 4 aromatic rings. The summed E-state index contributed by atoms with van der Waals surface area (Å²) in [7, 11) is -1.57. The molecule has 0 atom stereocenters. The van der Waals surface area contributed by atoms with Gasteiger partial charge < -0.3 is 10.2 Å². The van der Waals surface area contributed by atoms with Crippen molar-refractivity contribution in [3.05, 3.63) is 78.4 Å². The maximum atomic E-state index is 10.3. The van der Waals surface area contributed by atoms with E-state index < -0.39 is 8.07 Å². The van der Waals surface area contributed by atoms with Crippen molar-refractivity contribution in [1.82, 2.24) is 4.98 Å². The maximum Gasteiger partial charge on any atom is 0.129 e. The predicted molar refractivity (Wildman–Crippen MR) is 126 cm³/mol. The zero-order valence-electron chi connectivity index (χ0n) is 17.3. The molecule has 0 bridgehead atoms. The Morgan fingerprint density at radius 2 is 1.50 bits per heavy atom. The van der Waals surface area contributed by atoms with E-state index in [1.165, 1.54) is 0 Å². The highest BCUT2D eigenvalue weighted by molar-refractivity contribution is 6.83. The first-order valence-electron chi connectivity index (χ1n) is 9.86. The van der Waals surface area contributed by atoms with Crippen molar-refractivity contribution < 1.29 is 10.2 Å². The van der Waals surface area contributed by atoms with Crippen LogP contribution in [0.2, 0.25) is 19.6 Å². The minimum absolute atomic E-state index is 0.227.